The minimum absolute atomic E-state index is 0.0697. The standard InChI is InChI=1S/C16H22BrNO/c1-15(2)7-6-14(19-15)9-16(10-18-11-16)12-4-3-5-13(17)8-12/h3-5,8,14,18H,6-7,9-11H2,1-2H3. The van der Waals surface area contributed by atoms with Crippen molar-refractivity contribution in [2.75, 3.05) is 13.1 Å². The molecule has 2 aliphatic heterocycles. The summed E-state index contributed by atoms with van der Waals surface area (Å²) in [5, 5.41) is 3.44. The summed E-state index contributed by atoms with van der Waals surface area (Å²) in [7, 11) is 0. The van der Waals surface area contributed by atoms with E-state index in [0.29, 0.717) is 6.10 Å². The minimum Gasteiger partial charge on any atom is -0.372 e. The first kappa shape index (κ1) is 13.6. The van der Waals surface area contributed by atoms with Gasteiger partial charge in [0, 0.05) is 23.0 Å². The molecule has 2 heterocycles. The van der Waals surface area contributed by atoms with E-state index in [-0.39, 0.29) is 11.0 Å². The van der Waals surface area contributed by atoms with Gasteiger partial charge in [-0.25, -0.2) is 0 Å². The molecule has 0 bridgehead atoms. The summed E-state index contributed by atoms with van der Waals surface area (Å²) in [5.74, 6) is 0. The van der Waals surface area contributed by atoms with Crippen molar-refractivity contribution in [2.45, 2.75) is 50.2 Å². The fraction of sp³-hybridized carbons (Fsp3) is 0.625. The van der Waals surface area contributed by atoms with Crippen molar-refractivity contribution in [3.05, 3.63) is 34.3 Å². The Morgan fingerprint density at radius 2 is 2.16 bits per heavy atom. The number of rotatable bonds is 3. The highest BCUT2D eigenvalue weighted by Crippen LogP contribution is 2.40. The highest BCUT2D eigenvalue weighted by atomic mass is 79.9. The van der Waals surface area contributed by atoms with E-state index >= 15 is 0 Å². The zero-order valence-corrected chi connectivity index (χ0v) is 13.3. The third-order valence-electron chi connectivity index (χ3n) is 4.54. The van der Waals surface area contributed by atoms with Crippen molar-refractivity contribution in [1.82, 2.24) is 5.32 Å². The topological polar surface area (TPSA) is 21.3 Å². The summed E-state index contributed by atoms with van der Waals surface area (Å²) in [4.78, 5) is 0. The van der Waals surface area contributed by atoms with Gasteiger partial charge < -0.3 is 10.1 Å². The molecule has 1 aromatic carbocycles. The van der Waals surface area contributed by atoms with Gasteiger partial charge in [-0.15, -0.1) is 0 Å². The van der Waals surface area contributed by atoms with Gasteiger partial charge in [-0.05, 0) is 50.8 Å². The lowest BCUT2D eigenvalue weighted by Crippen LogP contribution is -2.58. The lowest BCUT2D eigenvalue weighted by molar-refractivity contribution is -0.0318. The monoisotopic (exact) mass is 323 g/mol. The number of hydrogen-bond acceptors (Lipinski definition) is 2. The average Bonchev–Trinajstić information content (AvgIpc) is 2.63. The second-order valence-electron chi connectivity index (χ2n) is 6.64. The third kappa shape index (κ3) is 2.74. The molecular formula is C16H22BrNO. The largest absolute Gasteiger partial charge is 0.372 e. The van der Waals surface area contributed by atoms with Crippen molar-refractivity contribution in [1.29, 1.82) is 0 Å². The van der Waals surface area contributed by atoms with E-state index in [0.717, 1.165) is 19.5 Å². The maximum absolute atomic E-state index is 6.19. The molecule has 0 aliphatic carbocycles. The van der Waals surface area contributed by atoms with Crippen LogP contribution < -0.4 is 5.32 Å². The van der Waals surface area contributed by atoms with Crippen LogP contribution in [0.5, 0.6) is 0 Å². The van der Waals surface area contributed by atoms with Crippen LogP contribution >= 0.6 is 15.9 Å². The molecule has 19 heavy (non-hydrogen) atoms. The second-order valence-corrected chi connectivity index (χ2v) is 7.55. The van der Waals surface area contributed by atoms with Crippen LogP contribution in [0.2, 0.25) is 0 Å². The fourth-order valence-corrected chi connectivity index (χ4v) is 3.77. The third-order valence-corrected chi connectivity index (χ3v) is 5.03. The minimum atomic E-state index is 0.0697. The van der Waals surface area contributed by atoms with E-state index < -0.39 is 0 Å². The predicted molar refractivity (Wildman–Crippen MR) is 81.5 cm³/mol. The smallest absolute Gasteiger partial charge is 0.0631 e. The van der Waals surface area contributed by atoms with Gasteiger partial charge in [0.1, 0.15) is 0 Å². The Morgan fingerprint density at radius 1 is 1.37 bits per heavy atom. The van der Waals surface area contributed by atoms with Gasteiger partial charge in [0.2, 0.25) is 0 Å². The summed E-state index contributed by atoms with van der Waals surface area (Å²) in [6.45, 7) is 6.56. The van der Waals surface area contributed by atoms with Gasteiger partial charge in [-0.3, -0.25) is 0 Å². The molecule has 2 fully saturated rings. The molecule has 2 aliphatic rings. The molecule has 1 atom stereocenters. The van der Waals surface area contributed by atoms with Gasteiger partial charge in [0.25, 0.3) is 0 Å². The maximum Gasteiger partial charge on any atom is 0.0631 e. The van der Waals surface area contributed by atoms with Crippen LogP contribution in [0.15, 0.2) is 28.7 Å². The molecule has 1 aromatic rings. The molecule has 3 rings (SSSR count). The molecule has 104 valence electrons. The van der Waals surface area contributed by atoms with Crippen molar-refractivity contribution in [3.8, 4) is 0 Å². The molecule has 0 aromatic heterocycles. The summed E-state index contributed by atoms with van der Waals surface area (Å²) >= 11 is 3.59. The van der Waals surface area contributed by atoms with Crippen LogP contribution in [0, 0.1) is 0 Å². The van der Waals surface area contributed by atoms with Crippen molar-refractivity contribution >= 4 is 15.9 Å². The lowest BCUT2D eigenvalue weighted by atomic mass is 9.71. The Bertz CT molecular complexity index is 468. The Morgan fingerprint density at radius 3 is 2.68 bits per heavy atom. The first-order valence-corrected chi connectivity index (χ1v) is 7.93. The van der Waals surface area contributed by atoms with E-state index in [1.54, 1.807) is 0 Å². The van der Waals surface area contributed by atoms with Gasteiger partial charge in [0.05, 0.1) is 11.7 Å². The number of ether oxygens (including phenoxy) is 1. The first-order valence-electron chi connectivity index (χ1n) is 7.14. The summed E-state index contributed by atoms with van der Waals surface area (Å²) in [5.41, 5.74) is 1.78. The van der Waals surface area contributed by atoms with E-state index in [1.165, 1.54) is 22.9 Å². The first-order chi connectivity index (χ1) is 8.99. The number of benzene rings is 1. The van der Waals surface area contributed by atoms with Gasteiger partial charge >= 0.3 is 0 Å². The zero-order chi connectivity index (χ0) is 13.5. The van der Waals surface area contributed by atoms with E-state index in [2.05, 4.69) is 59.4 Å². The Hall–Kier alpha value is -0.380. The van der Waals surface area contributed by atoms with Crippen LogP contribution in [0.25, 0.3) is 0 Å². The molecule has 1 unspecified atom stereocenters. The molecule has 3 heteroatoms. The van der Waals surface area contributed by atoms with E-state index in [4.69, 9.17) is 4.74 Å². The highest BCUT2D eigenvalue weighted by Gasteiger charge is 2.43. The lowest BCUT2D eigenvalue weighted by Gasteiger charge is -2.45. The molecular weight excluding hydrogens is 302 g/mol. The summed E-state index contributed by atoms with van der Waals surface area (Å²) in [6.07, 6.45) is 3.93. The highest BCUT2D eigenvalue weighted by molar-refractivity contribution is 9.10. The SMILES string of the molecule is CC1(C)CCC(CC2(c3cccc(Br)c3)CNC2)O1. The molecule has 0 amide bonds. The van der Waals surface area contributed by atoms with Crippen molar-refractivity contribution in [3.63, 3.8) is 0 Å². The van der Waals surface area contributed by atoms with Crippen LogP contribution in [0.1, 0.15) is 38.7 Å². The normalized spacial score (nSPS) is 28.1. The van der Waals surface area contributed by atoms with E-state index in [1.807, 2.05) is 0 Å². The van der Waals surface area contributed by atoms with E-state index in [9.17, 15) is 0 Å². The number of nitrogens with one attached hydrogen (secondary N) is 1. The quantitative estimate of drug-likeness (QED) is 0.917. The molecule has 0 radical (unpaired) electrons. The van der Waals surface area contributed by atoms with Crippen molar-refractivity contribution < 1.29 is 4.74 Å². The van der Waals surface area contributed by atoms with Crippen LogP contribution in [-0.4, -0.2) is 24.8 Å². The average molecular weight is 324 g/mol. The van der Waals surface area contributed by atoms with Gasteiger partial charge in [-0.2, -0.15) is 0 Å². The number of hydrogen-bond donors (Lipinski definition) is 1. The molecule has 0 spiro atoms. The van der Waals surface area contributed by atoms with Crippen LogP contribution in [0.3, 0.4) is 0 Å². The Labute approximate surface area is 124 Å². The summed E-state index contributed by atoms with van der Waals surface area (Å²) in [6, 6.07) is 8.75. The molecule has 1 N–H and O–H groups in total. The molecule has 2 saturated heterocycles. The van der Waals surface area contributed by atoms with Gasteiger partial charge in [0.15, 0.2) is 0 Å². The summed E-state index contributed by atoms with van der Waals surface area (Å²) < 4.78 is 7.36. The molecule has 2 nitrogen and oxygen atoms in total. The molecule has 0 saturated carbocycles. The van der Waals surface area contributed by atoms with Gasteiger partial charge in [-0.1, -0.05) is 28.1 Å². The maximum atomic E-state index is 6.19. The van der Waals surface area contributed by atoms with Crippen molar-refractivity contribution in [2.24, 2.45) is 0 Å². The predicted octanol–water partition coefficient (Wildman–Crippen LogP) is 3.64. The Kier molecular flexibility index (Phi) is 3.48. The Balaban J connectivity index is 1.77. The fourth-order valence-electron chi connectivity index (χ4n) is 3.37. The van der Waals surface area contributed by atoms with Crippen LogP contribution in [0.4, 0.5) is 0 Å². The van der Waals surface area contributed by atoms with Crippen LogP contribution in [-0.2, 0) is 10.2 Å². The zero-order valence-electron chi connectivity index (χ0n) is 11.7. The number of halogens is 1. The second kappa shape index (κ2) is 4.87.